The first-order valence-corrected chi connectivity index (χ1v) is 14.8. The largest absolute Gasteiger partial charge is 0.462 e. The molecule has 10 nitrogen and oxygen atoms in total. The summed E-state index contributed by atoms with van der Waals surface area (Å²) in [5.74, 6) is -2.15. The van der Waals surface area contributed by atoms with Crippen molar-refractivity contribution in [1.82, 2.24) is 15.5 Å². The molecule has 0 radical (unpaired) electrons. The van der Waals surface area contributed by atoms with Crippen LogP contribution in [0, 0.1) is 11.8 Å². The van der Waals surface area contributed by atoms with Gasteiger partial charge < -0.3 is 30.1 Å². The van der Waals surface area contributed by atoms with E-state index in [9.17, 15) is 24.3 Å². The van der Waals surface area contributed by atoms with Gasteiger partial charge in [-0.1, -0.05) is 86.7 Å². The Kier molecular flexibility index (Phi) is 16.0. The van der Waals surface area contributed by atoms with E-state index in [1.54, 1.807) is 6.08 Å². The monoisotopic (exact) mass is 607 g/mol. The second-order valence-electron chi connectivity index (χ2n) is 10.7. The molecule has 0 saturated heterocycles. The Bertz CT molecular complexity index is 1200. The minimum atomic E-state index is -1.02. The van der Waals surface area contributed by atoms with E-state index in [1.807, 2.05) is 74.5 Å². The zero-order valence-corrected chi connectivity index (χ0v) is 25.7. The van der Waals surface area contributed by atoms with Crippen LogP contribution in [0.25, 0.3) is 0 Å². The highest BCUT2D eigenvalue weighted by molar-refractivity contribution is 5.86. The molecule has 0 spiro atoms. The van der Waals surface area contributed by atoms with Crippen molar-refractivity contribution in [2.45, 2.75) is 58.3 Å². The molecule has 44 heavy (non-hydrogen) atoms. The number of nitrogens with one attached hydrogen (secondary N) is 2. The molecule has 238 valence electrons. The maximum atomic E-state index is 13.3. The highest BCUT2D eigenvalue weighted by atomic mass is 16.6. The summed E-state index contributed by atoms with van der Waals surface area (Å²) in [6, 6.07) is 17.0. The molecule has 0 aliphatic heterocycles. The number of esters is 1. The van der Waals surface area contributed by atoms with Gasteiger partial charge in [-0.2, -0.15) is 0 Å². The molecule has 3 atom stereocenters. The highest BCUT2D eigenvalue weighted by Crippen LogP contribution is 2.16. The summed E-state index contributed by atoms with van der Waals surface area (Å²) in [6.07, 6.45) is 2.60. The van der Waals surface area contributed by atoms with Crippen molar-refractivity contribution >= 4 is 23.9 Å². The van der Waals surface area contributed by atoms with Gasteiger partial charge in [-0.3, -0.25) is 9.59 Å². The lowest BCUT2D eigenvalue weighted by atomic mass is 9.97. The van der Waals surface area contributed by atoms with Crippen molar-refractivity contribution in [3.8, 4) is 0 Å². The van der Waals surface area contributed by atoms with Gasteiger partial charge in [0.15, 0.2) is 0 Å². The van der Waals surface area contributed by atoms with Gasteiger partial charge in [0, 0.05) is 19.5 Å². The van der Waals surface area contributed by atoms with Crippen LogP contribution in [-0.4, -0.2) is 65.7 Å². The number of carbonyl (C=O) groups is 4. The quantitative estimate of drug-likeness (QED) is 0.161. The number of hydrogen-bond acceptors (Lipinski definition) is 7. The van der Waals surface area contributed by atoms with Crippen LogP contribution in [0.1, 0.15) is 44.2 Å². The molecular formula is C34H45N3O7. The van der Waals surface area contributed by atoms with E-state index in [4.69, 9.17) is 9.47 Å². The zero-order valence-electron chi connectivity index (χ0n) is 25.7. The summed E-state index contributed by atoms with van der Waals surface area (Å²) >= 11 is 0. The molecule has 0 heterocycles. The molecule has 3 amide bonds. The summed E-state index contributed by atoms with van der Waals surface area (Å²) < 4.78 is 10.7. The Morgan fingerprint density at radius 2 is 1.50 bits per heavy atom. The Morgan fingerprint density at radius 1 is 0.886 bits per heavy atom. The Labute approximate surface area is 260 Å². The van der Waals surface area contributed by atoms with Crippen LogP contribution in [-0.2, 0) is 37.0 Å². The third-order valence-corrected chi connectivity index (χ3v) is 6.91. The van der Waals surface area contributed by atoms with E-state index in [0.29, 0.717) is 6.54 Å². The fourth-order valence-electron chi connectivity index (χ4n) is 4.30. The van der Waals surface area contributed by atoms with E-state index in [0.717, 1.165) is 11.1 Å². The first-order chi connectivity index (χ1) is 21.2. The molecule has 2 rings (SSSR count). The number of carbonyl (C=O) groups excluding carboxylic acids is 4. The van der Waals surface area contributed by atoms with E-state index in [1.165, 1.54) is 11.0 Å². The summed E-state index contributed by atoms with van der Waals surface area (Å²) in [5, 5.41) is 15.0. The lowest BCUT2D eigenvalue weighted by Crippen LogP contribution is -2.47. The fraction of sp³-hybridized carbons (Fsp3) is 0.412. The van der Waals surface area contributed by atoms with Gasteiger partial charge in [-0.05, 0) is 29.9 Å². The molecule has 3 N–H and O–H groups in total. The number of ether oxygens (including phenoxy) is 2. The number of rotatable bonds is 19. The van der Waals surface area contributed by atoms with Gasteiger partial charge >= 0.3 is 12.1 Å². The van der Waals surface area contributed by atoms with Gasteiger partial charge in [0.2, 0.25) is 11.8 Å². The maximum Gasteiger partial charge on any atom is 0.408 e. The van der Waals surface area contributed by atoms with Gasteiger partial charge in [0.1, 0.15) is 19.3 Å². The molecule has 0 aliphatic carbocycles. The van der Waals surface area contributed by atoms with E-state index >= 15 is 0 Å². The number of benzene rings is 2. The number of nitrogens with zero attached hydrogens (tertiary/aromatic N) is 1. The van der Waals surface area contributed by atoms with Crippen molar-refractivity contribution in [3.63, 3.8) is 0 Å². The number of hydrogen-bond donors (Lipinski definition) is 3. The van der Waals surface area contributed by atoms with Gasteiger partial charge in [-0.25, -0.2) is 9.59 Å². The second-order valence-corrected chi connectivity index (χ2v) is 10.7. The van der Waals surface area contributed by atoms with E-state index in [-0.39, 0.29) is 63.4 Å². The molecule has 0 aromatic heterocycles. The number of alkyl carbamates (subject to hydrolysis) is 1. The lowest BCUT2D eigenvalue weighted by Gasteiger charge is -2.27. The molecule has 0 bridgehead atoms. The second kappa shape index (κ2) is 19.7. The summed E-state index contributed by atoms with van der Waals surface area (Å²) in [4.78, 5) is 53.3. The summed E-state index contributed by atoms with van der Waals surface area (Å²) in [5.41, 5.74) is 1.71. The SMILES string of the molecule is C=CC[C@@H](CC(=O)N(CCO)Cc1ccccc1)C(=O)N[C@H](COC(=O)[C@@H](CC=C)NC(=O)OCc1ccccc1)C(C)C. The van der Waals surface area contributed by atoms with Crippen molar-refractivity contribution in [2.75, 3.05) is 19.8 Å². The predicted octanol–water partition coefficient (Wildman–Crippen LogP) is 4.15. The van der Waals surface area contributed by atoms with Gasteiger partial charge in [0.25, 0.3) is 0 Å². The van der Waals surface area contributed by atoms with Crippen LogP contribution < -0.4 is 10.6 Å². The minimum Gasteiger partial charge on any atom is -0.462 e. The molecule has 2 aromatic carbocycles. The van der Waals surface area contributed by atoms with Crippen LogP contribution in [0.2, 0.25) is 0 Å². The molecule has 0 fully saturated rings. The third-order valence-electron chi connectivity index (χ3n) is 6.91. The zero-order chi connectivity index (χ0) is 32.3. The standard InChI is InChI=1S/C34H45N3O7/c1-5-13-28(21-31(39)37(19-20-38)22-26-15-9-7-10-16-26)32(40)35-30(25(3)4)24-43-33(41)29(14-6-2)36-34(42)44-23-27-17-11-8-12-18-27/h5-12,15-18,25,28-30,38H,1-2,13-14,19-24H2,3-4H3,(H,35,40)(H,36,42)/t28-,29+,30+/m0/s1. The normalized spacial score (nSPS) is 12.7. The van der Waals surface area contributed by atoms with E-state index in [2.05, 4.69) is 23.8 Å². The Morgan fingerprint density at radius 3 is 2.07 bits per heavy atom. The minimum absolute atomic E-state index is 0.0440. The van der Waals surface area contributed by atoms with E-state index < -0.39 is 30.1 Å². The Hall–Kier alpha value is -4.44. The van der Waals surface area contributed by atoms with Crippen LogP contribution in [0.5, 0.6) is 0 Å². The summed E-state index contributed by atoms with van der Waals surface area (Å²) in [7, 11) is 0. The predicted molar refractivity (Wildman–Crippen MR) is 168 cm³/mol. The fourth-order valence-corrected chi connectivity index (χ4v) is 4.30. The van der Waals surface area contributed by atoms with Gasteiger partial charge in [-0.15, -0.1) is 13.2 Å². The summed E-state index contributed by atoms with van der Waals surface area (Å²) in [6.45, 7) is 11.3. The average molecular weight is 608 g/mol. The molecule has 2 aromatic rings. The maximum absolute atomic E-state index is 13.3. The number of aliphatic hydroxyl groups is 1. The molecular weight excluding hydrogens is 562 g/mol. The average Bonchev–Trinajstić information content (AvgIpc) is 3.02. The topological polar surface area (TPSA) is 134 Å². The van der Waals surface area contributed by atoms with Crippen molar-refractivity contribution < 1.29 is 33.8 Å². The molecule has 10 heteroatoms. The van der Waals surface area contributed by atoms with Crippen molar-refractivity contribution in [3.05, 3.63) is 97.1 Å². The smallest absolute Gasteiger partial charge is 0.408 e. The van der Waals surface area contributed by atoms with Gasteiger partial charge in [0.05, 0.1) is 18.6 Å². The van der Waals surface area contributed by atoms with Crippen molar-refractivity contribution in [1.29, 1.82) is 0 Å². The molecule has 0 aliphatic rings. The lowest BCUT2D eigenvalue weighted by molar-refractivity contribution is -0.148. The molecule has 0 saturated carbocycles. The number of allylic oxidation sites excluding steroid dienone is 1. The third kappa shape index (κ3) is 12.8. The van der Waals surface area contributed by atoms with Crippen LogP contribution >= 0.6 is 0 Å². The highest BCUT2D eigenvalue weighted by Gasteiger charge is 2.29. The number of aliphatic hydroxyl groups excluding tert-OH is 1. The van der Waals surface area contributed by atoms with Crippen LogP contribution in [0.4, 0.5) is 4.79 Å². The van der Waals surface area contributed by atoms with Crippen LogP contribution in [0.3, 0.4) is 0 Å². The number of amides is 3. The first kappa shape index (κ1) is 35.8. The Balaban J connectivity index is 1.98. The molecule has 0 unspecified atom stereocenters. The van der Waals surface area contributed by atoms with Crippen LogP contribution in [0.15, 0.2) is 86.0 Å². The first-order valence-electron chi connectivity index (χ1n) is 14.8. The van der Waals surface area contributed by atoms with Crippen molar-refractivity contribution in [2.24, 2.45) is 11.8 Å².